The Morgan fingerprint density at radius 2 is 2.16 bits per heavy atom. The summed E-state index contributed by atoms with van der Waals surface area (Å²) in [6, 6.07) is 8.48. The predicted molar refractivity (Wildman–Crippen MR) is 79.3 cm³/mol. The quantitative estimate of drug-likeness (QED) is 0.902. The molecule has 0 saturated carbocycles. The van der Waals surface area contributed by atoms with E-state index in [9.17, 15) is 4.79 Å². The third kappa shape index (κ3) is 3.09. The average Bonchev–Trinajstić information content (AvgIpc) is 2.43. The van der Waals surface area contributed by atoms with Crippen LogP contribution in [-0.4, -0.2) is 29.4 Å². The van der Waals surface area contributed by atoms with Gasteiger partial charge in [0.15, 0.2) is 0 Å². The first-order valence-electron chi connectivity index (χ1n) is 7.28. The normalized spacial score (nSPS) is 17.8. The Kier molecular flexibility index (Phi) is 4.46. The third-order valence-electron chi connectivity index (χ3n) is 3.72. The Labute approximate surface area is 116 Å². The minimum Gasteiger partial charge on any atom is -0.373 e. The van der Waals surface area contributed by atoms with Crippen molar-refractivity contribution < 1.29 is 4.79 Å². The van der Waals surface area contributed by atoms with Gasteiger partial charge >= 0.3 is 0 Å². The fraction of sp³-hybridized carbons (Fsp3) is 0.562. The summed E-state index contributed by atoms with van der Waals surface area (Å²) < 4.78 is 0. The molecule has 19 heavy (non-hydrogen) atoms. The lowest BCUT2D eigenvalue weighted by atomic mass is 9.97. The largest absolute Gasteiger partial charge is 0.373 e. The van der Waals surface area contributed by atoms with E-state index in [1.165, 1.54) is 5.56 Å². The molecule has 0 aromatic heterocycles. The molecule has 1 atom stereocenters. The number of fused-ring (bicyclic) bond motifs is 1. The highest BCUT2D eigenvalue weighted by Gasteiger charge is 2.28. The lowest BCUT2D eigenvalue weighted by Gasteiger charge is -2.33. The Hall–Kier alpha value is -1.51. The molecule has 0 spiro atoms. The van der Waals surface area contributed by atoms with Gasteiger partial charge in [0, 0.05) is 18.3 Å². The van der Waals surface area contributed by atoms with Gasteiger partial charge in [-0.05, 0) is 44.7 Å². The number of anilines is 1. The number of hydrogen-bond acceptors (Lipinski definition) is 2. The van der Waals surface area contributed by atoms with Crippen LogP contribution in [0.25, 0.3) is 0 Å². The number of benzene rings is 1. The van der Waals surface area contributed by atoms with Crippen LogP contribution in [0.5, 0.6) is 0 Å². The molecule has 1 aliphatic rings. The van der Waals surface area contributed by atoms with Gasteiger partial charge in [-0.2, -0.15) is 0 Å². The zero-order valence-corrected chi connectivity index (χ0v) is 12.1. The molecule has 3 nitrogen and oxygen atoms in total. The summed E-state index contributed by atoms with van der Waals surface area (Å²) in [5, 5.41) is 3.40. The zero-order chi connectivity index (χ0) is 13.8. The lowest BCUT2D eigenvalue weighted by molar-refractivity contribution is -0.134. The molecule has 0 saturated heterocycles. The maximum Gasteiger partial charge on any atom is 0.245 e. The van der Waals surface area contributed by atoms with Crippen molar-refractivity contribution in [2.24, 2.45) is 0 Å². The SMILES string of the molecule is CCCN(C(=O)C1CCc2ccccc2N1)C(C)C. The summed E-state index contributed by atoms with van der Waals surface area (Å²) >= 11 is 0. The van der Waals surface area contributed by atoms with Gasteiger partial charge < -0.3 is 10.2 Å². The predicted octanol–water partition coefficient (Wildman–Crippen LogP) is 3.06. The Morgan fingerprint density at radius 3 is 2.84 bits per heavy atom. The maximum absolute atomic E-state index is 12.6. The van der Waals surface area contributed by atoms with Crippen molar-refractivity contribution in [2.45, 2.75) is 52.1 Å². The van der Waals surface area contributed by atoms with E-state index in [1.54, 1.807) is 0 Å². The molecule has 0 radical (unpaired) electrons. The van der Waals surface area contributed by atoms with Gasteiger partial charge in [-0.15, -0.1) is 0 Å². The van der Waals surface area contributed by atoms with Crippen molar-refractivity contribution in [3.05, 3.63) is 29.8 Å². The van der Waals surface area contributed by atoms with Crippen molar-refractivity contribution in [1.29, 1.82) is 0 Å². The number of carbonyl (C=O) groups is 1. The van der Waals surface area contributed by atoms with Crippen LogP contribution in [0.15, 0.2) is 24.3 Å². The summed E-state index contributed by atoms with van der Waals surface area (Å²) in [5.74, 6) is 0.242. The smallest absolute Gasteiger partial charge is 0.245 e. The molecule has 1 aliphatic heterocycles. The number of hydrogen-bond donors (Lipinski definition) is 1. The topological polar surface area (TPSA) is 32.3 Å². The first-order valence-corrected chi connectivity index (χ1v) is 7.28. The number of rotatable bonds is 4. The first-order chi connectivity index (χ1) is 9.13. The van der Waals surface area contributed by atoms with Crippen molar-refractivity contribution in [3.8, 4) is 0 Å². The highest BCUT2D eigenvalue weighted by atomic mass is 16.2. The molecule has 0 fully saturated rings. The molecule has 0 aliphatic carbocycles. The average molecular weight is 260 g/mol. The van der Waals surface area contributed by atoms with E-state index in [0.717, 1.165) is 31.5 Å². The van der Waals surface area contributed by atoms with Crippen molar-refractivity contribution in [2.75, 3.05) is 11.9 Å². The summed E-state index contributed by atoms with van der Waals surface area (Å²) in [4.78, 5) is 14.6. The van der Waals surface area contributed by atoms with Gasteiger partial charge in [-0.3, -0.25) is 4.79 Å². The summed E-state index contributed by atoms with van der Waals surface area (Å²) in [7, 11) is 0. The van der Waals surface area contributed by atoms with E-state index in [4.69, 9.17) is 0 Å². The third-order valence-corrected chi connectivity index (χ3v) is 3.72. The van der Waals surface area contributed by atoms with Crippen LogP contribution in [0.1, 0.15) is 39.2 Å². The van der Waals surface area contributed by atoms with Gasteiger partial charge in [-0.1, -0.05) is 25.1 Å². The molecule has 0 bridgehead atoms. The number of nitrogens with zero attached hydrogens (tertiary/aromatic N) is 1. The molecule has 2 rings (SSSR count). The van der Waals surface area contributed by atoms with Crippen molar-refractivity contribution in [1.82, 2.24) is 4.90 Å². The zero-order valence-electron chi connectivity index (χ0n) is 12.1. The molecule has 1 amide bonds. The van der Waals surface area contributed by atoms with Gasteiger partial charge in [0.2, 0.25) is 5.91 Å². The van der Waals surface area contributed by atoms with Crippen LogP contribution in [0.3, 0.4) is 0 Å². The van der Waals surface area contributed by atoms with E-state index in [1.807, 2.05) is 11.0 Å². The first kappa shape index (κ1) is 13.9. The second kappa shape index (κ2) is 6.09. The molecular weight excluding hydrogens is 236 g/mol. The number of para-hydroxylation sites is 1. The van der Waals surface area contributed by atoms with E-state index < -0.39 is 0 Å². The lowest BCUT2D eigenvalue weighted by Crippen LogP contribution is -2.47. The maximum atomic E-state index is 12.6. The number of carbonyl (C=O) groups excluding carboxylic acids is 1. The van der Waals surface area contributed by atoms with Crippen molar-refractivity contribution >= 4 is 11.6 Å². The second-order valence-corrected chi connectivity index (χ2v) is 5.52. The van der Waals surface area contributed by atoms with E-state index in [2.05, 4.69) is 44.3 Å². The summed E-state index contributed by atoms with van der Waals surface area (Å²) in [6.45, 7) is 7.14. The minimum absolute atomic E-state index is 0.0659. The van der Waals surface area contributed by atoms with Crippen LogP contribution < -0.4 is 5.32 Å². The van der Waals surface area contributed by atoms with Crippen molar-refractivity contribution in [3.63, 3.8) is 0 Å². The molecule has 1 unspecified atom stereocenters. The Balaban J connectivity index is 2.09. The molecular formula is C16H24N2O. The molecule has 1 aromatic rings. The van der Waals surface area contributed by atoms with Gasteiger partial charge in [0.05, 0.1) is 0 Å². The van der Waals surface area contributed by atoms with Crippen LogP contribution in [0.2, 0.25) is 0 Å². The molecule has 3 heteroatoms. The molecule has 1 heterocycles. The molecule has 1 aromatic carbocycles. The second-order valence-electron chi connectivity index (χ2n) is 5.52. The van der Waals surface area contributed by atoms with E-state index in [0.29, 0.717) is 0 Å². The Morgan fingerprint density at radius 1 is 1.42 bits per heavy atom. The van der Waals surface area contributed by atoms with Gasteiger partial charge in [-0.25, -0.2) is 0 Å². The fourth-order valence-corrected chi connectivity index (χ4v) is 2.69. The van der Waals surface area contributed by atoms with Crippen LogP contribution >= 0.6 is 0 Å². The van der Waals surface area contributed by atoms with Gasteiger partial charge in [0.25, 0.3) is 0 Å². The van der Waals surface area contributed by atoms with Gasteiger partial charge in [0.1, 0.15) is 6.04 Å². The number of amides is 1. The molecule has 1 N–H and O–H groups in total. The van der Waals surface area contributed by atoms with E-state index in [-0.39, 0.29) is 18.0 Å². The monoisotopic (exact) mass is 260 g/mol. The van der Waals surface area contributed by atoms with Crippen LogP contribution in [0.4, 0.5) is 5.69 Å². The summed E-state index contributed by atoms with van der Waals surface area (Å²) in [6.07, 6.45) is 2.88. The Bertz CT molecular complexity index is 442. The fourth-order valence-electron chi connectivity index (χ4n) is 2.69. The van der Waals surface area contributed by atoms with Crippen LogP contribution in [0, 0.1) is 0 Å². The standard InChI is InChI=1S/C16H24N2O/c1-4-11-18(12(2)3)16(19)15-10-9-13-7-5-6-8-14(13)17-15/h5-8,12,15,17H,4,9-11H2,1-3H3. The minimum atomic E-state index is -0.0659. The highest BCUT2D eigenvalue weighted by Crippen LogP contribution is 2.25. The van der Waals surface area contributed by atoms with E-state index >= 15 is 0 Å². The summed E-state index contributed by atoms with van der Waals surface area (Å²) in [5.41, 5.74) is 2.44. The number of nitrogens with one attached hydrogen (secondary N) is 1. The number of aryl methyl sites for hydroxylation is 1. The molecule has 104 valence electrons. The highest BCUT2D eigenvalue weighted by molar-refractivity contribution is 5.86. The van der Waals surface area contributed by atoms with Crippen LogP contribution in [-0.2, 0) is 11.2 Å².